The largest absolute Gasteiger partial charge is 0.310 e. The van der Waals surface area contributed by atoms with Crippen LogP contribution in [0.15, 0.2) is 23.1 Å². The first-order valence-electron chi connectivity index (χ1n) is 7.87. The molecule has 20 heavy (non-hydrogen) atoms. The van der Waals surface area contributed by atoms with Crippen LogP contribution in [0.5, 0.6) is 0 Å². The monoisotopic (exact) mass is 295 g/mol. The molecule has 1 aromatic rings. The highest BCUT2D eigenvalue weighted by molar-refractivity contribution is 7.99. The Kier molecular flexibility index (Phi) is 6.37. The van der Waals surface area contributed by atoms with E-state index in [1.54, 1.807) is 6.07 Å². The Balaban J connectivity index is 2.04. The van der Waals surface area contributed by atoms with Crippen molar-refractivity contribution in [3.63, 3.8) is 0 Å². The number of nitrogens with one attached hydrogen (secondary N) is 1. The third-order valence-electron chi connectivity index (χ3n) is 4.10. The molecule has 0 amide bonds. The second-order valence-corrected chi connectivity index (χ2v) is 6.85. The first-order chi connectivity index (χ1) is 9.72. The van der Waals surface area contributed by atoms with Crippen LogP contribution in [-0.4, -0.2) is 12.3 Å². The summed E-state index contributed by atoms with van der Waals surface area (Å²) in [5.41, 5.74) is 0.851. The summed E-state index contributed by atoms with van der Waals surface area (Å²) >= 11 is 1.84. The van der Waals surface area contributed by atoms with Crippen LogP contribution in [0.25, 0.3) is 0 Å². The highest BCUT2D eigenvalue weighted by Gasteiger charge is 2.19. The van der Waals surface area contributed by atoms with Crippen LogP contribution < -0.4 is 5.32 Å². The maximum Gasteiger partial charge on any atom is 0.129 e. The van der Waals surface area contributed by atoms with E-state index in [4.69, 9.17) is 0 Å². The molecular formula is C17H26FNS. The van der Waals surface area contributed by atoms with Crippen molar-refractivity contribution in [3.05, 3.63) is 29.6 Å². The summed E-state index contributed by atoms with van der Waals surface area (Å²) in [5.74, 6) is 1.89. The molecule has 0 aromatic heterocycles. The molecule has 1 aliphatic carbocycles. The first kappa shape index (κ1) is 15.8. The van der Waals surface area contributed by atoms with Gasteiger partial charge in [-0.3, -0.25) is 0 Å². The van der Waals surface area contributed by atoms with E-state index < -0.39 is 0 Å². The summed E-state index contributed by atoms with van der Waals surface area (Å²) in [5, 5.41) is 3.40. The number of halogens is 1. The van der Waals surface area contributed by atoms with Gasteiger partial charge >= 0.3 is 0 Å². The fourth-order valence-electron chi connectivity index (χ4n) is 2.91. The third kappa shape index (κ3) is 4.23. The van der Waals surface area contributed by atoms with E-state index in [-0.39, 0.29) is 11.9 Å². The number of hydrogen-bond acceptors (Lipinski definition) is 2. The predicted molar refractivity (Wildman–Crippen MR) is 85.8 cm³/mol. The van der Waals surface area contributed by atoms with Crippen LogP contribution in [0.2, 0.25) is 0 Å². The van der Waals surface area contributed by atoms with Gasteiger partial charge in [0.15, 0.2) is 0 Å². The minimum Gasteiger partial charge on any atom is -0.310 e. The second kappa shape index (κ2) is 8.04. The molecule has 1 atom stereocenters. The van der Waals surface area contributed by atoms with Crippen molar-refractivity contribution in [2.75, 3.05) is 12.3 Å². The predicted octanol–water partition coefficient (Wildman–Crippen LogP) is 5.17. The van der Waals surface area contributed by atoms with Crippen LogP contribution in [0, 0.1) is 11.7 Å². The maximum absolute atomic E-state index is 14.2. The van der Waals surface area contributed by atoms with Gasteiger partial charge in [-0.25, -0.2) is 4.39 Å². The van der Waals surface area contributed by atoms with Gasteiger partial charge in [0.25, 0.3) is 0 Å². The Labute approximate surface area is 126 Å². The molecule has 1 N–H and O–H groups in total. The Morgan fingerprint density at radius 3 is 2.80 bits per heavy atom. The highest BCUT2D eigenvalue weighted by atomic mass is 32.2. The Morgan fingerprint density at radius 1 is 1.35 bits per heavy atom. The lowest BCUT2D eigenvalue weighted by Crippen LogP contribution is -2.21. The van der Waals surface area contributed by atoms with Crippen LogP contribution in [0.4, 0.5) is 4.39 Å². The van der Waals surface area contributed by atoms with E-state index in [0.717, 1.165) is 35.1 Å². The molecule has 1 unspecified atom stereocenters. The van der Waals surface area contributed by atoms with Gasteiger partial charge in [-0.15, -0.1) is 11.8 Å². The Hall–Kier alpha value is -0.540. The lowest BCUT2D eigenvalue weighted by molar-refractivity contribution is 0.518. The van der Waals surface area contributed by atoms with Crippen molar-refractivity contribution >= 4 is 11.8 Å². The number of benzene rings is 1. The molecule has 1 aliphatic rings. The molecule has 1 saturated carbocycles. The molecule has 1 aromatic carbocycles. The molecule has 1 nitrogen and oxygen atoms in total. The standard InChI is InChI=1S/C17H26FNS/c1-3-11-19-13(2)17-15(18)9-6-10-16(17)20-12-14-7-4-5-8-14/h6,9-10,13-14,19H,3-5,7-8,11-12H2,1-2H3. The molecule has 0 heterocycles. The topological polar surface area (TPSA) is 12.0 Å². The lowest BCUT2D eigenvalue weighted by Gasteiger charge is -2.19. The molecule has 3 heteroatoms. The zero-order valence-electron chi connectivity index (χ0n) is 12.6. The Morgan fingerprint density at radius 2 is 2.10 bits per heavy atom. The zero-order valence-corrected chi connectivity index (χ0v) is 13.4. The number of rotatable bonds is 7. The molecule has 1 fully saturated rings. The quantitative estimate of drug-likeness (QED) is 0.697. The summed E-state index contributed by atoms with van der Waals surface area (Å²) in [6, 6.07) is 5.58. The maximum atomic E-state index is 14.2. The van der Waals surface area contributed by atoms with Gasteiger partial charge in [-0.2, -0.15) is 0 Å². The smallest absolute Gasteiger partial charge is 0.129 e. The molecule has 0 saturated heterocycles. The van der Waals surface area contributed by atoms with E-state index >= 15 is 0 Å². The average molecular weight is 295 g/mol. The van der Waals surface area contributed by atoms with Crippen LogP contribution in [-0.2, 0) is 0 Å². The van der Waals surface area contributed by atoms with E-state index in [1.807, 2.05) is 17.8 Å². The van der Waals surface area contributed by atoms with Crippen LogP contribution in [0.1, 0.15) is 57.6 Å². The molecule has 0 spiro atoms. The summed E-state index contributed by atoms with van der Waals surface area (Å²) in [7, 11) is 0. The number of hydrogen-bond donors (Lipinski definition) is 1. The summed E-state index contributed by atoms with van der Waals surface area (Å²) in [6.07, 6.45) is 6.51. The molecule has 112 valence electrons. The molecule has 0 bridgehead atoms. The fourth-order valence-corrected chi connectivity index (χ4v) is 4.26. The lowest BCUT2D eigenvalue weighted by atomic mass is 10.1. The summed E-state index contributed by atoms with van der Waals surface area (Å²) in [6.45, 7) is 5.13. The SMILES string of the molecule is CCCNC(C)c1c(F)cccc1SCC1CCCC1. The molecule has 0 aliphatic heterocycles. The van der Waals surface area contributed by atoms with Gasteiger partial charge in [0.1, 0.15) is 5.82 Å². The van der Waals surface area contributed by atoms with Gasteiger partial charge in [0.05, 0.1) is 0 Å². The van der Waals surface area contributed by atoms with Crippen LogP contribution in [0.3, 0.4) is 0 Å². The average Bonchev–Trinajstić information content (AvgIpc) is 2.95. The van der Waals surface area contributed by atoms with E-state index in [9.17, 15) is 4.39 Å². The second-order valence-electron chi connectivity index (χ2n) is 5.79. The summed E-state index contributed by atoms with van der Waals surface area (Å²) in [4.78, 5) is 1.12. The normalized spacial score (nSPS) is 17.6. The van der Waals surface area contributed by atoms with Crippen molar-refractivity contribution in [2.45, 2.75) is 56.9 Å². The zero-order chi connectivity index (χ0) is 14.4. The fraction of sp³-hybridized carbons (Fsp3) is 0.647. The molecule has 0 radical (unpaired) electrons. The summed E-state index contributed by atoms with van der Waals surface area (Å²) < 4.78 is 14.2. The minimum atomic E-state index is -0.0717. The van der Waals surface area contributed by atoms with Crippen molar-refractivity contribution in [3.8, 4) is 0 Å². The Bertz CT molecular complexity index is 415. The minimum absolute atomic E-state index is 0.0717. The number of thioether (sulfide) groups is 1. The van der Waals surface area contributed by atoms with Gasteiger partial charge in [0.2, 0.25) is 0 Å². The first-order valence-corrected chi connectivity index (χ1v) is 8.85. The van der Waals surface area contributed by atoms with E-state index in [1.165, 1.54) is 25.7 Å². The van der Waals surface area contributed by atoms with E-state index in [0.29, 0.717) is 0 Å². The van der Waals surface area contributed by atoms with Crippen LogP contribution >= 0.6 is 11.8 Å². The van der Waals surface area contributed by atoms with E-state index in [2.05, 4.69) is 25.2 Å². The molecular weight excluding hydrogens is 269 g/mol. The van der Waals surface area contributed by atoms with Gasteiger partial charge < -0.3 is 5.32 Å². The van der Waals surface area contributed by atoms with Crippen molar-refractivity contribution in [1.82, 2.24) is 5.32 Å². The van der Waals surface area contributed by atoms with Gasteiger partial charge in [0, 0.05) is 22.3 Å². The molecule has 2 rings (SSSR count). The van der Waals surface area contributed by atoms with Gasteiger partial charge in [-0.05, 0) is 50.8 Å². The van der Waals surface area contributed by atoms with Crippen molar-refractivity contribution < 1.29 is 4.39 Å². The highest BCUT2D eigenvalue weighted by Crippen LogP contribution is 2.35. The van der Waals surface area contributed by atoms with Gasteiger partial charge in [-0.1, -0.05) is 25.8 Å². The third-order valence-corrected chi connectivity index (χ3v) is 5.40. The van der Waals surface area contributed by atoms with Crippen molar-refractivity contribution in [1.29, 1.82) is 0 Å². The van der Waals surface area contributed by atoms with Crippen molar-refractivity contribution in [2.24, 2.45) is 5.92 Å².